The molecular formula is C24H17N3O3. The van der Waals surface area contributed by atoms with E-state index in [1.165, 1.54) is 6.07 Å². The van der Waals surface area contributed by atoms with E-state index in [4.69, 9.17) is 4.42 Å². The Bertz CT molecular complexity index is 1460. The maximum atomic E-state index is 12.6. The lowest BCUT2D eigenvalue weighted by atomic mass is 10.1. The predicted molar refractivity (Wildman–Crippen MR) is 117 cm³/mol. The van der Waals surface area contributed by atoms with E-state index in [0.717, 1.165) is 22.2 Å². The van der Waals surface area contributed by atoms with Gasteiger partial charge in [-0.2, -0.15) is 0 Å². The number of carbonyl (C=O) groups is 1. The van der Waals surface area contributed by atoms with Crippen molar-refractivity contribution in [1.29, 1.82) is 0 Å². The molecule has 0 aliphatic rings. The molecule has 30 heavy (non-hydrogen) atoms. The Morgan fingerprint density at radius 3 is 2.67 bits per heavy atom. The summed E-state index contributed by atoms with van der Waals surface area (Å²) in [5.74, 6) is 0.240. The molecule has 5 rings (SSSR count). The number of nitrogens with zero attached hydrogens (tertiary/aromatic N) is 1. The number of anilines is 1. The van der Waals surface area contributed by atoms with Crippen LogP contribution in [0.3, 0.4) is 0 Å². The Morgan fingerprint density at radius 2 is 1.83 bits per heavy atom. The van der Waals surface area contributed by atoms with Gasteiger partial charge in [-0.25, -0.2) is 4.98 Å². The molecule has 0 saturated heterocycles. The zero-order chi connectivity index (χ0) is 20.7. The average molecular weight is 395 g/mol. The van der Waals surface area contributed by atoms with Gasteiger partial charge in [0.2, 0.25) is 0 Å². The van der Waals surface area contributed by atoms with Gasteiger partial charge in [0, 0.05) is 22.9 Å². The number of hydrogen-bond acceptors (Lipinski definition) is 4. The number of nitrogens with one attached hydrogen (secondary N) is 2. The third-order valence-electron chi connectivity index (χ3n) is 4.99. The second kappa shape index (κ2) is 7.00. The van der Waals surface area contributed by atoms with Crippen molar-refractivity contribution in [3.8, 4) is 11.3 Å². The number of aryl methyl sites for hydroxylation is 1. The first-order chi connectivity index (χ1) is 14.6. The van der Waals surface area contributed by atoms with Gasteiger partial charge in [0.15, 0.2) is 5.43 Å². The molecule has 0 spiro atoms. The molecule has 0 radical (unpaired) electrons. The van der Waals surface area contributed by atoms with Gasteiger partial charge in [0.25, 0.3) is 5.91 Å². The van der Waals surface area contributed by atoms with Crippen molar-refractivity contribution in [3.05, 3.63) is 94.4 Å². The average Bonchev–Trinajstić information content (AvgIpc) is 3.22. The number of benzene rings is 3. The fourth-order valence-corrected chi connectivity index (χ4v) is 3.41. The van der Waals surface area contributed by atoms with Crippen LogP contribution in [-0.2, 0) is 0 Å². The SMILES string of the molecule is Cc1ccc2oc(-c3ccc(C(=O)Nc4ccc5nc[nH]c5c4)cc3)cc(=O)c2c1. The first-order valence-corrected chi connectivity index (χ1v) is 9.46. The molecule has 3 aromatic carbocycles. The molecule has 2 N–H and O–H groups in total. The topological polar surface area (TPSA) is 88.0 Å². The number of aromatic nitrogens is 2. The third kappa shape index (κ3) is 3.24. The highest BCUT2D eigenvalue weighted by molar-refractivity contribution is 6.05. The van der Waals surface area contributed by atoms with Crippen molar-refractivity contribution < 1.29 is 9.21 Å². The van der Waals surface area contributed by atoms with E-state index in [9.17, 15) is 9.59 Å². The second-order valence-electron chi connectivity index (χ2n) is 7.14. The van der Waals surface area contributed by atoms with E-state index in [-0.39, 0.29) is 11.3 Å². The number of aromatic amines is 1. The lowest BCUT2D eigenvalue weighted by Crippen LogP contribution is -2.11. The number of fused-ring (bicyclic) bond motifs is 2. The van der Waals surface area contributed by atoms with Gasteiger partial charge in [-0.15, -0.1) is 0 Å². The summed E-state index contributed by atoms with van der Waals surface area (Å²) in [7, 11) is 0. The van der Waals surface area contributed by atoms with Gasteiger partial charge in [0.1, 0.15) is 11.3 Å². The van der Waals surface area contributed by atoms with Crippen LogP contribution >= 0.6 is 0 Å². The molecule has 6 nitrogen and oxygen atoms in total. The van der Waals surface area contributed by atoms with Crippen molar-refractivity contribution >= 4 is 33.6 Å². The Balaban J connectivity index is 1.41. The summed E-state index contributed by atoms with van der Waals surface area (Å²) in [6.07, 6.45) is 1.61. The van der Waals surface area contributed by atoms with Crippen molar-refractivity contribution in [2.24, 2.45) is 0 Å². The maximum absolute atomic E-state index is 12.6. The highest BCUT2D eigenvalue weighted by Crippen LogP contribution is 2.24. The Morgan fingerprint density at radius 1 is 1.00 bits per heavy atom. The smallest absolute Gasteiger partial charge is 0.255 e. The van der Waals surface area contributed by atoms with Crippen LogP contribution in [0.1, 0.15) is 15.9 Å². The van der Waals surface area contributed by atoms with Gasteiger partial charge >= 0.3 is 0 Å². The summed E-state index contributed by atoms with van der Waals surface area (Å²) in [5.41, 5.74) is 5.05. The Hall–Kier alpha value is -4.19. The van der Waals surface area contributed by atoms with E-state index in [1.807, 2.05) is 31.2 Å². The minimum atomic E-state index is -0.226. The summed E-state index contributed by atoms with van der Waals surface area (Å²) >= 11 is 0. The van der Waals surface area contributed by atoms with E-state index < -0.39 is 0 Å². The molecule has 6 heteroatoms. The summed E-state index contributed by atoms with van der Waals surface area (Å²) in [6, 6.07) is 19.4. The van der Waals surface area contributed by atoms with E-state index in [0.29, 0.717) is 28.0 Å². The first-order valence-electron chi connectivity index (χ1n) is 9.46. The molecule has 0 bridgehead atoms. The normalized spacial score (nSPS) is 11.1. The highest BCUT2D eigenvalue weighted by Gasteiger charge is 2.10. The molecule has 0 unspecified atom stereocenters. The van der Waals surface area contributed by atoms with Crippen LogP contribution in [0.25, 0.3) is 33.3 Å². The van der Waals surface area contributed by atoms with Crippen molar-refractivity contribution in [2.75, 3.05) is 5.32 Å². The molecule has 0 aliphatic heterocycles. The van der Waals surface area contributed by atoms with E-state index >= 15 is 0 Å². The number of carbonyl (C=O) groups excluding carboxylic acids is 1. The molecule has 5 aromatic rings. The molecule has 2 aromatic heterocycles. The van der Waals surface area contributed by atoms with Crippen LogP contribution in [0.15, 0.2) is 82.3 Å². The Kier molecular flexibility index (Phi) is 4.17. The molecule has 0 saturated carbocycles. The van der Waals surface area contributed by atoms with Crippen LogP contribution in [0.2, 0.25) is 0 Å². The minimum Gasteiger partial charge on any atom is -0.456 e. The van der Waals surface area contributed by atoms with Crippen molar-refractivity contribution in [1.82, 2.24) is 9.97 Å². The summed E-state index contributed by atoms with van der Waals surface area (Å²) < 4.78 is 5.90. The number of hydrogen-bond donors (Lipinski definition) is 2. The van der Waals surface area contributed by atoms with Crippen LogP contribution in [0.4, 0.5) is 5.69 Å². The lowest BCUT2D eigenvalue weighted by Gasteiger charge is -2.07. The van der Waals surface area contributed by atoms with Crippen molar-refractivity contribution in [2.45, 2.75) is 6.92 Å². The zero-order valence-corrected chi connectivity index (χ0v) is 16.1. The van der Waals surface area contributed by atoms with E-state index in [2.05, 4.69) is 15.3 Å². The zero-order valence-electron chi connectivity index (χ0n) is 16.1. The summed E-state index contributed by atoms with van der Waals surface area (Å²) in [5, 5.41) is 3.44. The number of imidazole rings is 1. The van der Waals surface area contributed by atoms with Gasteiger partial charge in [-0.05, 0) is 49.4 Å². The standard InChI is InChI=1S/C24H17N3O3/c1-14-2-9-22-18(10-14)21(28)12-23(30-22)15-3-5-16(6-4-15)24(29)27-17-7-8-19-20(11-17)26-13-25-19/h2-13H,1H3,(H,25,26)(H,27,29). The summed E-state index contributed by atoms with van der Waals surface area (Å²) in [4.78, 5) is 32.2. The van der Waals surface area contributed by atoms with Crippen LogP contribution < -0.4 is 10.7 Å². The van der Waals surface area contributed by atoms with Crippen LogP contribution in [0, 0.1) is 6.92 Å². The van der Waals surface area contributed by atoms with Crippen LogP contribution in [-0.4, -0.2) is 15.9 Å². The highest BCUT2D eigenvalue weighted by atomic mass is 16.3. The maximum Gasteiger partial charge on any atom is 0.255 e. The largest absolute Gasteiger partial charge is 0.456 e. The van der Waals surface area contributed by atoms with Crippen molar-refractivity contribution in [3.63, 3.8) is 0 Å². The second-order valence-corrected chi connectivity index (χ2v) is 7.14. The van der Waals surface area contributed by atoms with Gasteiger partial charge in [-0.3, -0.25) is 9.59 Å². The third-order valence-corrected chi connectivity index (χ3v) is 4.99. The van der Waals surface area contributed by atoms with E-state index in [1.54, 1.807) is 42.7 Å². The molecule has 146 valence electrons. The number of rotatable bonds is 3. The predicted octanol–water partition coefficient (Wildman–Crippen LogP) is 4.90. The molecule has 0 atom stereocenters. The molecule has 0 aliphatic carbocycles. The number of H-pyrrole nitrogens is 1. The Labute approximate surface area is 171 Å². The van der Waals surface area contributed by atoms with Gasteiger partial charge in [-0.1, -0.05) is 23.8 Å². The minimum absolute atomic E-state index is 0.0917. The lowest BCUT2D eigenvalue weighted by molar-refractivity contribution is 0.102. The molecule has 1 amide bonds. The summed E-state index contributed by atoms with van der Waals surface area (Å²) in [6.45, 7) is 1.93. The fraction of sp³-hybridized carbons (Fsp3) is 0.0417. The van der Waals surface area contributed by atoms with Gasteiger partial charge < -0.3 is 14.7 Å². The fourth-order valence-electron chi connectivity index (χ4n) is 3.41. The number of amides is 1. The van der Waals surface area contributed by atoms with Crippen LogP contribution in [0.5, 0.6) is 0 Å². The molecule has 0 fully saturated rings. The monoisotopic (exact) mass is 395 g/mol. The molecular weight excluding hydrogens is 378 g/mol. The quantitative estimate of drug-likeness (QED) is 0.455. The molecule has 2 heterocycles. The van der Waals surface area contributed by atoms with Gasteiger partial charge in [0.05, 0.1) is 22.7 Å². The first kappa shape index (κ1) is 17.9.